The lowest BCUT2D eigenvalue weighted by Gasteiger charge is -2.29. The molecule has 9 nitrogen and oxygen atoms in total. The zero-order chi connectivity index (χ0) is 25.8. The molecule has 1 aliphatic rings. The second kappa shape index (κ2) is 11.4. The number of halogens is 2. The predicted octanol–water partition coefficient (Wildman–Crippen LogP) is 3.43. The van der Waals surface area contributed by atoms with Crippen molar-refractivity contribution in [2.75, 3.05) is 30.9 Å². The van der Waals surface area contributed by atoms with Gasteiger partial charge in [-0.05, 0) is 37.6 Å². The van der Waals surface area contributed by atoms with Gasteiger partial charge in [-0.1, -0.05) is 29.3 Å². The Bertz CT molecular complexity index is 1190. The maximum absolute atomic E-state index is 13.2. The molecule has 3 rings (SSSR count). The fraction of sp³-hybridized carbons (Fsp3) is 0.391. The third-order valence-electron chi connectivity index (χ3n) is 5.60. The van der Waals surface area contributed by atoms with Gasteiger partial charge in [0.15, 0.2) is 11.5 Å². The number of anilines is 1. The minimum absolute atomic E-state index is 0.0000220. The zero-order valence-electron chi connectivity index (χ0n) is 19.6. The van der Waals surface area contributed by atoms with E-state index in [2.05, 4.69) is 5.32 Å². The average Bonchev–Trinajstić information content (AvgIpc) is 3.27. The number of ether oxygens (including phenoxy) is 2. The van der Waals surface area contributed by atoms with Gasteiger partial charge in [0, 0.05) is 48.2 Å². The van der Waals surface area contributed by atoms with E-state index in [9.17, 15) is 18.0 Å². The van der Waals surface area contributed by atoms with Crippen molar-refractivity contribution < 1.29 is 27.5 Å². The Balaban J connectivity index is 1.75. The number of carbonyl (C=O) groups excluding carboxylic acids is 2. The molecule has 0 aromatic heterocycles. The number of hydrogen-bond donors (Lipinski definition) is 1. The molecule has 1 N–H and O–H groups in total. The molecular weight excluding hydrogens is 517 g/mol. The highest BCUT2D eigenvalue weighted by molar-refractivity contribution is 7.92. The summed E-state index contributed by atoms with van der Waals surface area (Å²) >= 11 is 12.6. The Labute approximate surface area is 214 Å². The zero-order valence-corrected chi connectivity index (χ0v) is 21.9. The number of nitrogens with one attached hydrogen (secondary N) is 1. The molecule has 2 aromatic rings. The highest BCUT2D eigenvalue weighted by Gasteiger charge is 2.27. The van der Waals surface area contributed by atoms with Crippen LogP contribution < -0.4 is 19.1 Å². The summed E-state index contributed by atoms with van der Waals surface area (Å²) in [7, 11) is -2.15. The molecule has 0 bridgehead atoms. The van der Waals surface area contributed by atoms with Crippen LogP contribution in [0.15, 0.2) is 36.4 Å². The first-order valence-corrected chi connectivity index (χ1v) is 13.4. The highest BCUT2D eigenvalue weighted by Crippen LogP contribution is 2.36. The highest BCUT2D eigenvalue weighted by atomic mass is 35.5. The van der Waals surface area contributed by atoms with E-state index in [1.165, 1.54) is 16.3 Å². The lowest BCUT2D eigenvalue weighted by atomic mass is 10.1. The molecular formula is C23H27Cl2N3O6S. The van der Waals surface area contributed by atoms with E-state index >= 15 is 0 Å². The van der Waals surface area contributed by atoms with Gasteiger partial charge in [-0.25, -0.2) is 8.42 Å². The lowest BCUT2D eigenvalue weighted by Crippen LogP contribution is -2.47. The molecule has 12 heteroatoms. The Morgan fingerprint density at radius 1 is 1.11 bits per heavy atom. The second-order valence-electron chi connectivity index (χ2n) is 7.99. The maximum atomic E-state index is 13.2. The number of rotatable bonds is 10. The van der Waals surface area contributed by atoms with Gasteiger partial charge >= 0.3 is 0 Å². The minimum atomic E-state index is -3.63. The molecule has 0 unspecified atom stereocenters. The predicted molar refractivity (Wildman–Crippen MR) is 135 cm³/mol. The van der Waals surface area contributed by atoms with Crippen molar-refractivity contribution >= 4 is 50.7 Å². The van der Waals surface area contributed by atoms with E-state index in [0.717, 1.165) is 6.26 Å². The normalized spacial score (nSPS) is 13.3. The number of fused-ring (bicyclic) bond motifs is 1. The number of hydrogen-bond acceptors (Lipinski definition) is 6. The summed E-state index contributed by atoms with van der Waals surface area (Å²) in [5.41, 5.74) is 0.931. The quantitative estimate of drug-likeness (QED) is 0.492. The Hall–Kier alpha value is -2.69. The number of nitrogens with zero attached hydrogens (tertiary/aromatic N) is 2. The summed E-state index contributed by atoms with van der Waals surface area (Å²) in [5.74, 6) is 0.305. The molecule has 2 amide bonds. The summed E-state index contributed by atoms with van der Waals surface area (Å²) in [5, 5.41) is 3.30. The van der Waals surface area contributed by atoms with Crippen molar-refractivity contribution in [3.8, 4) is 11.5 Å². The van der Waals surface area contributed by atoms with Gasteiger partial charge in [-0.3, -0.25) is 13.9 Å². The molecule has 1 aliphatic heterocycles. The van der Waals surface area contributed by atoms with Gasteiger partial charge in [-0.2, -0.15) is 0 Å². The van der Waals surface area contributed by atoms with Crippen LogP contribution >= 0.6 is 23.2 Å². The number of amides is 2. The average molecular weight is 544 g/mol. The summed E-state index contributed by atoms with van der Waals surface area (Å²) in [6.45, 7) is 1.76. The fourth-order valence-electron chi connectivity index (χ4n) is 3.69. The van der Waals surface area contributed by atoms with E-state index in [1.54, 1.807) is 43.3 Å². The van der Waals surface area contributed by atoms with Crippen molar-refractivity contribution in [3.63, 3.8) is 0 Å². The Morgan fingerprint density at radius 2 is 1.77 bits per heavy atom. The molecule has 0 spiro atoms. The fourth-order valence-corrected chi connectivity index (χ4v) is 5.16. The van der Waals surface area contributed by atoms with Crippen LogP contribution in [0.3, 0.4) is 0 Å². The Kier molecular flexibility index (Phi) is 8.74. The van der Waals surface area contributed by atoms with Crippen molar-refractivity contribution in [2.24, 2.45) is 0 Å². The molecule has 0 saturated carbocycles. The smallest absolute Gasteiger partial charge is 0.242 e. The van der Waals surface area contributed by atoms with Gasteiger partial charge < -0.3 is 19.7 Å². The van der Waals surface area contributed by atoms with Crippen LogP contribution in [0.5, 0.6) is 11.5 Å². The third kappa shape index (κ3) is 6.50. The molecule has 0 fully saturated rings. The standard InChI is InChI=1S/C23H27Cl2N3O6S/c1-15(23(30)26-2)27(13-17-18(24)6-4-7-19(17)25)22(29)8-5-11-28(35(3,31)32)16-9-10-20-21(12-16)34-14-33-20/h4,6-7,9-10,12,15H,5,8,11,13-14H2,1-3H3,(H,26,30)/t15-/m0/s1. The van der Waals surface area contributed by atoms with Gasteiger partial charge in [0.1, 0.15) is 6.04 Å². The van der Waals surface area contributed by atoms with Crippen LogP contribution in [-0.2, 0) is 26.2 Å². The van der Waals surface area contributed by atoms with Gasteiger partial charge in [0.25, 0.3) is 0 Å². The third-order valence-corrected chi connectivity index (χ3v) is 7.50. The van der Waals surface area contributed by atoms with E-state index < -0.39 is 16.1 Å². The van der Waals surface area contributed by atoms with Crippen molar-refractivity contribution in [1.82, 2.24) is 10.2 Å². The molecule has 2 aromatic carbocycles. The summed E-state index contributed by atoms with van der Waals surface area (Å²) < 4.78 is 36.8. The van der Waals surface area contributed by atoms with Gasteiger partial charge in [0.05, 0.1) is 11.9 Å². The molecule has 35 heavy (non-hydrogen) atoms. The van der Waals surface area contributed by atoms with E-state index in [1.807, 2.05) is 0 Å². The number of carbonyl (C=O) groups is 2. The second-order valence-corrected chi connectivity index (χ2v) is 10.7. The first-order valence-electron chi connectivity index (χ1n) is 10.8. The first kappa shape index (κ1) is 26.9. The van der Waals surface area contributed by atoms with Crippen molar-refractivity contribution in [3.05, 3.63) is 52.0 Å². The monoisotopic (exact) mass is 543 g/mol. The van der Waals surface area contributed by atoms with Crippen LogP contribution in [0.4, 0.5) is 5.69 Å². The van der Waals surface area contributed by atoms with E-state index in [0.29, 0.717) is 32.8 Å². The van der Waals surface area contributed by atoms with Crippen LogP contribution in [0.25, 0.3) is 0 Å². The van der Waals surface area contributed by atoms with Crippen LogP contribution in [0.1, 0.15) is 25.3 Å². The maximum Gasteiger partial charge on any atom is 0.242 e. The lowest BCUT2D eigenvalue weighted by molar-refractivity contribution is -0.140. The summed E-state index contributed by atoms with van der Waals surface area (Å²) in [4.78, 5) is 26.9. The van der Waals surface area contributed by atoms with E-state index in [4.69, 9.17) is 32.7 Å². The number of likely N-dealkylation sites (N-methyl/N-ethyl adjacent to an activating group) is 1. The number of benzene rings is 2. The van der Waals surface area contributed by atoms with Gasteiger partial charge in [0.2, 0.25) is 28.6 Å². The molecule has 0 radical (unpaired) electrons. The SMILES string of the molecule is CNC(=O)[C@H](C)N(Cc1c(Cl)cccc1Cl)C(=O)CCCN(c1ccc2c(c1)OCO2)S(C)(=O)=O. The van der Waals surface area contributed by atoms with Crippen LogP contribution in [0.2, 0.25) is 10.0 Å². The topological polar surface area (TPSA) is 105 Å². The molecule has 1 heterocycles. The first-order chi connectivity index (χ1) is 16.5. The summed E-state index contributed by atoms with van der Waals surface area (Å²) in [6, 6.07) is 9.07. The number of sulfonamides is 1. The Morgan fingerprint density at radius 3 is 2.40 bits per heavy atom. The van der Waals surface area contributed by atoms with Crippen molar-refractivity contribution in [1.29, 1.82) is 0 Å². The largest absolute Gasteiger partial charge is 0.454 e. The van der Waals surface area contributed by atoms with Crippen LogP contribution in [0, 0.1) is 0 Å². The van der Waals surface area contributed by atoms with Gasteiger partial charge in [-0.15, -0.1) is 0 Å². The van der Waals surface area contributed by atoms with E-state index in [-0.39, 0.29) is 44.5 Å². The van der Waals surface area contributed by atoms with Crippen LogP contribution in [-0.4, -0.2) is 57.8 Å². The summed E-state index contributed by atoms with van der Waals surface area (Å²) in [6.07, 6.45) is 1.31. The molecule has 190 valence electrons. The molecule has 0 aliphatic carbocycles. The molecule has 1 atom stereocenters. The molecule has 0 saturated heterocycles. The minimum Gasteiger partial charge on any atom is -0.454 e. The van der Waals surface area contributed by atoms with Crippen molar-refractivity contribution in [2.45, 2.75) is 32.4 Å².